The lowest BCUT2D eigenvalue weighted by Crippen LogP contribution is -1.92. The molecule has 0 unspecified atom stereocenters. The van der Waals surface area contributed by atoms with Gasteiger partial charge in [-0.25, -0.2) is 4.39 Å². The van der Waals surface area contributed by atoms with Crippen LogP contribution in [0.1, 0.15) is 12.8 Å². The lowest BCUT2D eigenvalue weighted by molar-refractivity contribution is 0.300. The molecule has 0 bridgehead atoms. The molecule has 0 aromatic rings. The molecule has 55 valence electrons. The van der Waals surface area contributed by atoms with Crippen molar-refractivity contribution in [3.8, 4) is 0 Å². The normalized spacial score (nSPS) is 18.2. The van der Waals surface area contributed by atoms with Crippen molar-refractivity contribution in [2.45, 2.75) is 12.8 Å². The third-order valence-corrected chi connectivity index (χ3v) is 1.42. The van der Waals surface area contributed by atoms with Gasteiger partial charge in [0.25, 0.3) is 0 Å². The summed E-state index contributed by atoms with van der Waals surface area (Å²) in [6.45, 7) is 0.0929. The molecule has 1 aliphatic carbocycles. The van der Waals surface area contributed by atoms with Crippen molar-refractivity contribution in [3.63, 3.8) is 0 Å². The van der Waals surface area contributed by atoms with Crippen LogP contribution in [-0.4, -0.2) is 11.7 Å². The van der Waals surface area contributed by atoms with Crippen LogP contribution in [0.4, 0.5) is 4.39 Å². The fourth-order valence-corrected chi connectivity index (χ4v) is 0.921. The minimum Gasteiger partial charge on any atom is -0.396 e. The summed E-state index contributed by atoms with van der Waals surface area (Å²) in [7, 11) is 0. The zero-order valence-electron chi connectivity index (χ0n) is 5.68. The third kappa shape index (κ3) is 1.95. The summed E-state index contributed by atoms with van der Waals surface area (Å²) in [6, 6.07) is 0. The summed E-state index contributed by atoms with van der Waals surface area (Å²) in [5.74, 6) is -0.189. The van der Waals surface area contributed by atoms with Crippen LogP contribution in [0.25, 0.3) is 0 Å². The first kappa shape index (κ1) is 7.48. The molecule has 2 heteroatoms. The molecule has 1 rings (SSSR count). The van der Waals surface area contributed by atoms with Crippen molar-refractivity contribution < 1.29 is 9.50 Å². The van der Waals surface area contributed by atoms with Crippen LogP contribution >= 0.6 is 0 Å². The van der Waals surface area contributed by atoms with Crippen LogP contribution < -0.4 is 0 Å². The quantitative estimate of drug-likeness (QED) is 0.621. The smallest absolute Gasteiger partial charge is 0.104 e. The maximum Gasteiger partial charge on any atom is 0.104 e. The first-order chi connectivity index (χ1) is 4.83. The van der Waals surface area contributed by atoms with Crippen LogP contribution in [-0.2, 0) is 0 Å². The van der Waals surface area contributed by atoms with Gasteiger partial charge in [-0.3, -0.25) is 0 Å². The summed E-state index contributed by atoms with van der Waals surface area (Å²) in [5, 5.41) is 8.50. The number of aliphatic hydroxyl groups is 1. The van der Waals surface area contributed by atoms with Crippen LogP contribution in [0.3, 0.4) is 0 Å². The van der Waals surface area contributed by atoms with E-state index in [1.807, 2.05) is 6.08 Å². The average molecular weight is 141 g/mol. The first-order valence-corrected chi connectivity index (χ1v) is 3.33. The zero-order valence-corrected chi connectivity index (χ0v) is 5.68. The standard InChI is InChI=1S/C8H10FO/c9-8-3-1-2-7(6-8)4-5-10/h2-3,6,10H,1,4-5H2. The largest absolute Gasteiger partial charge is 0.396 e. The van der Waals surface area contributed by atoms with Crippen molar-refractivity contribution in [3.05, 3.63) is 30.0 Å². The molecule has 1 radical (unpaired) electrons. The topological polar surface area (TPSA) is 20.2 Å². The highest BCUT2D eigenvalue weighted by Gasteiger charge is 2.03. The number of rotatable bonds is 2. The molecule has 0 saturated carbocycles. The Morgan fingerprint density at radius 1 is 1.60 bits per heavy atom. The Balaban J connectivity index is 2.51. The summed E-state index contributed by atoms with van der Waals surface area (Å²) in [6.07, 6.45) is 6.10. The molecule has 10 heavy (non-hydrogen) atoms. The van der Waals surface area contributed by atoms with Gasteiger partial charge < -0.3 is 5.11 Å². The molecule has 0 fully saturated rings. The van der Waals surface area contributed by atoms with E-state index < -0.39 is 0 Å². The second-order valence-corrected chi connectivity index (χ2v) is 2.22. The molecule has 0 saturated heterocycles. The van der Waals surface area contributed by atoms with Gasteiger partial charge in [-0.2, -0.15) is 0 Å². The van der Waals surface area contributed by atoms with E-state index in [4.69, 9.17) is 5.11 Å². The van der Waals surface area contributed by atoms with Crippen molar-refractivity contribution in [1.82, 2.24) is 0 Å². The van der Waals surface area contributed by atoms with Gasteiger partial charge in [-0.15, -0.1) is 0 Å². The molecule has 0 amide bonds. The minimum absolute atomic E-state index is 0.0929. The Labute approximate surface area is 59.9 Å². The Bertz CT molecular complexity index is 170. The molecular weight excluding hydrogens is 131 g/mol. The highest BCUT2D eigenvalue weighted by atomic mass is 19.1. The van der Waals surface area contributed by atoms with E-state index in [-0.39, 0.29) is 12.4 Å². The molecule has 1 aliphatic rings. The number of hydrogen-bond donors (Lipinski definition) is 1. The van der Waals surface area contributed by atoms with Crippen LogP contribution in [0.2, 0.25) is 0 Å². The Morgan fingerprint density at radius 3 is 3.00 bits per heavy atom. The molecule has 0 aliphatic heterocycles. The molecule has 0 atom stereocenters. The van der Waals surface area contributed by atoms with Gasteiger partial charge in [0.05, 0.1) is 0 Å². The summed E-state index contributed by atoms with van der Waals surface area (Å²) >= 11 is 0. The number of allylic oxidation sites excluding steroid dienone is 3. The highest BCUT2D eigenvalue weighted by molar-refractivity contribution is 5.29. The van der Waals surface area contributed by atoms with Gasteiger partial charge >= 0.3 is 0 Å². The second kappa shape index (κ2) is 3.52. The van der Waals surface area contributed by atoms with E-state index in [1.54, 1.807) is 0 Å². The van der Waals surface area contributed by atoms with Crippen molar-refractivity contribution in [2.24, 2.45) is 0 Å². The summed E-state index contributed by atoms with van der Waals surface area (Å²) in [4.78, 5) is 0. The van der Waals surface area contributed by atoms with E-state index in [0.29, 0.717) is 12.8 Å². The molecule has 0 spiro atoms. The maximum atomic E-state index is 12.4. The Morgan fingerprint density at radius 2 is 2.40 bits per heavy atom. The SMILES string of the molecule is OCCC1=CC[CH]C(F)=C1. The zero-order chi connectivity index (χ0) is 7.40. The van der Waals surface area contributed by atoms with Crippen molar-refractivity contribution in [1.29, 1.82) is 0 Å². The van der Waals surface area contributed by atoms with E-state index >= 15 is 0 Å². The highest BCUT2D eigenvalue weighted by Crippen LogP contribution is 2.18. The number of hydrogen-bond acceptors (Lipinski definition) is 1. The number of halogens is 1. The van der Waals surface area contributed by atoms with E-state index in [2.05, 4.69) is 0 Å². The van der Waals surface area contributed by atoms with Crippen LogP contribution in [0.15, 0.2) is 23.6 Å². The third-order valence-electron chi connectivity index (χ3n) is 1.42. The fourth-order valence-electron chi connectivity index (χ4n) is 0.921. The Kier molecular flexibility index (Phi) is 2.63. The van der Waals surface area contributed by atoms with Crippen LogP contribution in [0.5, 0.6) is 0 Å². The van der Waals surface area contributed by atoms with E-state index in [0.717, 1.165) is 5.57 Å². The van der Waals surface area contributed by atoms with Crippen LogP contribution in [0, 0.1) is 6.42 Å². The predicted octanol–water partition coefficient (Wildman–Crippen LogP) is 1.76. The predicted molar refractivity (Wildman–Crippen MR) is 37.9 cm³/mol. The van der Waals surface area contributed by atoms with E-state index in [1.165, 1.54) is 12.5 Å². The molecular formula is C8H10FO. The van der Waals surface area contributed by atoms with Gasteiger partial charge in [0.1, 0.15) is 5.83 Å². The average Bonchev–Trinajstić information content (AvgIpc) is 1.88. The van der Waals surface area contributed by atoms with E-state index in [9.17, 15) is 4.39 Å². The second-order valence-electron chi connectivity index (χ2n) is 2.22. The maximum absolute atomic E-state index is 12.4. The van der Waals surface area contributed by atoms with Gasteiger partial charge in [0.15, 0.2) is 0 Å². The number of aliphatic hydroxyl groups excluding tert-OH is 1. The lowest BCUT2D eigenvalue weighted by Gasteiger charge is -2.05. The molecule has 1 N–H and O–H groups in total. The lowest BCUT2D eigenvalue weighted by atomic mass is 10.0. The van der Waals surface area contributed by atoms with Gasteiger partial charge in [0.2, 0.25) is 0 Å². The monoisotopic (exact) mass is 141 g/mol. The van der Waals surface area contributed by atoms with Crippen molar-refractivity contribution >= 4 is 0 Å². The van der Waals surface area contributed by atoms with Crippen molar-refractivity contribution in [2.75, 3.05) is 6.61 Å². The first-order valence-electron chi connectivity index (χ1n) is 3.33. The van der Waals surface area contributed by atoms with Gasteiger partial charge in [-0.05, 0) is 24.5 Å². The van der Waals surface area contributed by atoms with Gasteiger partial charge in [0, 0.05) is 13.0 Å². The van der Waals surface area contributed by atoms with Gasteiger partial charge in [-0.1, -0.05) is 6.08 Å². The molecule has 0 aromatic heterocycles. The molecule has 0 heterocycles. The molecule has 1 nitrogen and oxygen atoms in total. The molecule has 0 aromatic carbocycles. The summed E-state index contributed by atoms with van der Waals surface area (Å²) in [5.41, 5.74) is 0.891. The Hall–Kier alpha value is -0.630. The minimum atomic E-state index is -0.189. The fraction of sp³-hybridized carbons (Fsp3) is 0.375. The summed E-state index contributed by atoms with van der Waals surface area (Å²) < 4.78 is 12.4.